The SMILES string of the molecule is O[C@@H]1C[C@@H](c2nnc3n2CCN(Cc2ccc(F)cc2F)C3)N(Cc2ccccc2)C1. The lowest BCUT2D eigenvalue weighted by Gasteiger charge is -2.30. The van der Waals surface area contributed by atoms with Crippen molar-refractivity contribution in [1.82, 2.24) is 24.6 Å². The normalized spacial score (nSPS) is 22.0. The fourth-order valence-electron chi connectivity index (χ4n) is 4.64. The van der Waals surface area contributed by atoms with Crippen LogP contribution in [0, 0.1) is 11.6 Å². The number of aliphatic hydroxyl groups is 1. The Morgan fingerprint density at radius 3 is 2.65 bits per heavy atom. The van der Waals surface area contributed by atoms with Crippen molar-refractivity contribution >= 4 is 0 Å². The zero-order valence-corrected chi connectivity index (χ0v) is 17.2. The summed E-state index contributed by atoms with van der Waals surface area (Å²) in [4.78, 5) is 4.35. The van der Waals surface area contributed by atoms with Gasteiger partial charge in [0.25, 0.3) is 0 Å². The van der Waals surface area contributed by atoms with Crippen LogP contribution in [0.1, 0.15) is 35.2 Å². The number of β-amino-alcohol motifs (C(OH)–C–C–N with tert-alkyl or cyclic N) is 1. The molecule has 3 aromatic rings. The van der Waals surface area contributed by atoms with Crippen LogP contribution in [0.4, 0.5) is 8.78 Å². The summed E-state index contributed by atoms with van der Waals surface area (Å²) >= 11 is 0. The Labute approximate surface area is 179 Å². The third-order valence-corrected chi connectivity index (χ3v) is 6.18. The van der Waals surface area contributed by atoms with E-state index in [-0.39, 0.29) is 12.1 Å². The minimum absolute atomic E-state index is 0.0116. The van der Waals surface area contributed by atoms with Crippen molar-refractivity contribution in [2.24, 2.45) is 0 Å². The van der Waals surface area contributed by atoms with Crippen molar-refractivity contribution in [3.8, 4) is 0 Å². The largest absolute Gasteiger partial charge is 0.392 e. The van der Waals surface area contributed by atoms with Gasteiger partial charge < -0.3 is 9.67 Å². The van der Waals surface area contributed by atoms with Crippen molar-refractivity contribution in [3.05, 3.63) is 82.9 Å². The van der Waals surface area contributed by atoms with Crippen LogP contribution in [0.3, 0.4) is 0 Å². The molecule has 2 aliphatic heterocycles. The van der Waals surface area contributed by atoms with Crippen molar-refractivity contribution < 1.29 is 13.9 Å². The number of nitrogens with zero attached hydrogens (tertiary/aromatic N) is 5. The van der Waals surface area contributed by atoms with E-state index in [1.54, 1.807) is 0 Å². The molecule has 31 heavy (non-hydrogen) atoms. The Bertz CT molecular complexity index is 1060. The number of likely N-dealkylation sites (tertiary alicyclic amines) is 1. The van der Waals surface area contributed by atoms with E-state index in [9.17, 15) is 13.9 Å². The molecule has 2 aromatic carbocycles. The van der Waals surface area contributed by atoms with E-state index in [0.29, 0.717) is 38.2 Å². The first-order chi connectivity index (χ1) is 15.1. The second-order valence-electron chi connectivity index (χ2n) is 8.39. The van der Waals surface area contributed by atoms with Gasteiger partial charge in [0.15, 0.2) is 5.82 Å². The van der Waals surface area contributed by atoms with Gasteiger partial charge in [-0.25, -0.2) is 8.78 Å². The lowest BCUT2D eigenvalue weighted by atomic mass is 10.1. The van der Waals surface area contributed by atoms with E-state index < -0.39 is 11.6 Å². The minimum atomic E-state index is -0.567. The number of hydrogen-bond donors (Lipinski definition) is 1. The summed E-state index contributed by atoms with van der Waals surface area (Å²) in [6.45, 7) is 3.74. The molecular formula is C23H25F2N5O. The molecule has 5 rings (SSSR count). The quantitative estimate of drug-likeness (QED) is 0.681. The Hall–Kier alpha value is -2.68. The van der Waals surface area contributed by atoms with E-state index in [4.69, 9.17) is 0 Å². The van der Waals surface area contributed by atoms with Crippen molar-refractivity contribution in [2.75, 3.05) is 13.1 Å². The van der Waals surface area contributed by atoms with Gasteiger partial charge >= 0.3 is 0 Å². The van der Waals surface area contributed by atoms with Gasteiger partial charge in [0.1, 0.15) is 17.5 Å². The highest BCUT2D eigenvalue weighted by molar-refractivity contribution is 5.19. The summed E-state index contributed by atoms with van der Waals surface area (Å²) in [7, 11) is 0. The number of hydrogen-bond acceptors (Lipinski definition) is 5. The number of benzene rings is 2. The molecule has 0 unspecified atom stereocenters. The van der Waals surface area contributed by atoms with Crippen LogP contribution in [-0.2, 0) is 26.2 Å². The molecule has 0 amide bonds. The van der Waals surface area contributed by atoms with Crippen LogP contribution in [0.5, 0.6) is 0 Å². The molecule has 1 saturated heterocycles. The summed E-state index contributed by atoms with van der Waals surface area (Å²) in [5.74, 6) is 0.632. The maximum Gasteiger partial charge on any atom is 0.150 e. The molecule has 162 valence electrons. The fourth-order valence-corrected chi connectivity index (χ4v) is 4.64. The predicted octanol–water partition coefficient (Wildman–Crippen LogP) is 2.88. The van der Waals surface area contributed by atoms with Gasteiger partial charge in [0.2, 0.25) is 0 Å². The lowest BCUT2D eigenvalue weighted by Crippen LogP contribution is -2.35. The van der Waals surface area contributed by atoms with Gasteiger partial charge in [0.05, 0.1) is 18.7 Å². The maximum absolute atomic E-state index is 14.0. The van der Waals surface area contributed by atoms with Crippen molar-refractivity contribution in [3.63, 3.8) is 0 Å². The van der Waals surface area contributed by atoms with Crippen molar-refractivity contribution in [2.45, 2.75) is 44.7 Å². The van der Waals surface area contributed by atoms with Crippen LogP contribution < -0.4 is 0 Å². The zero-order chi connectivity index (χ0) is 21.4. The molecule has 0 saturated carbocycles. The van der Waals surface area contributed by atoms with Gasteiger partial charge in [-0.2, -0.15) is 0 Å². The molecule has 2 aliphatic rings. The van der Waals surface area contributed by atoms with Crippen LogP contribution in [-0.4, -0.2) is 48.9 Å². The van der Waals surface area contributed by atoms with Crippen LogP contribution >= 0.6 is 0 Å². The molecule has 0 spiro atoms. The fraction of sp³-hybridized carbons (Fsp3) is 0.391. The Morgan fingerprint density at radius 2 is 1.84 bits per heavy atom. The lowest BCUT2D eigenvalue weighted by molar-refractivity contribution is 0.171. The Balaban J connectivity index is 1.32. The standard InChI is InChI=1S/C23H25F2N5O/c24-18-7-6-17(20(25)10-18)13-28-8-9-30-22(15-28)26-27-23(30)21-11-19(31)14-29(21)12-16-4-2-1-3-5-16/h1-7,10,19,21,31H,8-9,11-15H2/t19-,21+/m1/s1. The average Bonchev–Trinajstić information content (AvgIpc) is 3.33. The first-order valence-electron chi connectivity index (χ1n) is 10.6. The molecule has 0 radical (unpaired) electrons. The zero-order valence-electron chi connectivity index (χ0n) is 17.2. The van der Waals surface area contributed by atoms with E-state index in [1.165, 1.54) is 17.7 Å². The molecule has 0 aliphatic carbocycles. The second kappa shape index (κ2) is 8.45. The number of aliphatic hydroxyl groups excluding tert-OH is 1. The third-order valence-electron chi connectivity index (χ3n) is 6.18. The minimum Gasteiger partial charge on any atom is -0.392 e. The van der Waals surface area contributed by atoms with Crippen LogP contribution in [0.15, 0.2) is 48.5 Å². The third kappa shape index (κ3) is 4.23. The van der Waals surface area contributed by atoms with Crippen LogP contribution in [0.25, 0.3) is 0 Å². The highest BCUT2D eigenvalue weighted by Gasteiger charge is 2.36. The summed E-state index contributed by atoms with van der Waals surface area (Å²) in [5.41, 5.74) is 1.68. The van der Waals surface area contributed by atoms with Gasteiger partial charge in [0, 0.05) is 44.4 Å². The summed E-state index contributed by atoms with van der Waals surface area (Å²) in [6, 6.07) is 13.9. The first-order valence-corrected chi connectivity index (χ1v) is 10.6. The molecule has 3 heterocycles. The molecule has 1 fully saturated rings. The maximum atomic E-state index is 14.0. The van der Waals surface area contributed by atoms with Crippen molar-refractivity contribution in [1.29, 1.82) is 0 Å². The van der Waals surface area contributed by atoms with Crippen LogP contribution in [0.2, 0.25) is 0 Å². The molecule has 1 aromatic heterocycles. The smallest absolute Gasteiger partial charge is 0.150 e. The van der Waals surface area contributed by atoms with Gasteiger partial charge in [-0.1, -0.05) is 36.4 Å². The number of aromatic nitrogens is 3. The predicted molar refractivity (Wildman–Crippen MR) is 111 cm³/mol. The topological polar surface area (TPSA) is 57.4 Å². The van der Waals surface area contributed by atoms with E-state index in [2.05, 4.69) is 36.7 Å². The highest BCUT2D eigenvalue weighted by Crippen LogP contribution is 2.33. The summed E-state index contributed by atoms with van der Waals surface area (Å²) < 4.78 is 29.4. The molecule has 0 bridgehead atoms. The monoisotopic (exact) mass is 425 g/mol. The number of rotatable bonds is 5. The average molecular weight is 425 g/mol. The van der Waals surface area contributed by atoms with Gasteiger partial charge in [-0.15, -0.1) is 10.2 Å². The van der Waals surface area contributed by atoms with Gasteiger partial charge in [-0.3, -0.25) is 9.80 Å². The summed E-state index contributed by atoms with van der Waals surface area (Å²) in [6.07, 6.45) is 0.248. The number of halogens is 2. The summed E-state index contributed by atoms with van der Waals surface area (Å²) in [5, 5.41) is 19.2. The van der Waals surface area contributed by atoms with Gasteiger partial charge in [-0.05, 0) is 18.1 Å². The molecular weight excluding hydrogens is 400 g/mol. The molecule has 1 N–H and O–H groups in total. The highest BCUT2D eigenvalue weighted by atomic mass is 19.1. The van der Waals surface area contributed by atoms with E-state index in [0.717, 1.165) is 30.8 Å². The van der Waals surface area contributed by atoms with E-state index in [1.807, 2.05) is 18.2 Å². The molecule has 8 heteroatoms. The Kier molecular flexibility index (Phi) is 5.52. The molecule has 2 atom stereocenters. The van der Waals surface area contributed by atoms with E-state index >= 15 is 0 Å². The Morgan fingerprint density at radius 1 is 1.00 bits per heavy atom. The second-order valence-corrected chi connectivity index (χ2v) is 8.39. The number of fused-ring (bicyclic) bond motifs is 1. The first kappa shape index (κ1) is 20.2. The molecule has 6 nitrogen and oxygen atoms in total.